The Balaban J connectivity index is 0.867. The molecule has 1 saturated carbocycles. The van der Waals surface area contributed by atoms with E-state index in [1.807, 2.05) is 36.5 Å². The zero-order valence-corrected chi connectivity index (χ0v) is 28.7. The molecule has 7 rings (SSSR count). The van der Waals surface area contributed by atoms with Crippen LogP contribution in [0.2, 0.25) is 5.02 Å². The van der Waals surface area contributed by atoms with Crippen molar-refractivity contribution in [2.24, 2.45) is 11.3 Å². The zero-order chi connectivity index (χ0) is 32.4. The third-order valence-corrected chi connectivity index (χ3v) is 11.6. The minimum atomic E-state index is -0.307. The summed E-state index contributed by atoms with van der Waals surface area (Å²) in [5, 5.41) is 4.12. The Hall–Kier alpha value is -3.22. The van der Waals surface area contributed by atoms with Crippen molar-refractivity contribution < 1.29 is 4.74 Å². The van der Waals surface area contributed by atoms with E-state index in [-0.39, 0.29) is 5.41 Å². The number of anilines is 1. The highest BCUT2D eigenvalue weighted by Gasteiger charge is 2.47. The molecule has 4 heterocycles. The summed E-state index contributed by atoms with van der Waals surface area (Å²) in [7, 11) is 0. The van der Waals surface area contributed by atoms with Crippen molar-refractivity contribution in [2.75, 3.05) is 63.8 Å². The highest BCUT2D eigenvalue weighted by atomic mass is 35.5. The van der Waals surface area contributed by atoms with Gasteiger partial charge in [0.2, 0.25) is 5.95 Å². The third kappa shape index (κ3) is 7.29. The summed E-state index contributed by atoms with van der Waals surface area (Å²) in [5.74, 6) is 2.39. The van der Waals surface area contributed by atoms with Crippen LogP contribution in [0.1, 0.15) is 62.8 Å². The fourth-order valence-electron chi connectivity index (χ4n) is 8.31. The van der Waals surface area contributed by atoms with Gasteiger partial charge in [-0.3, -0.25) is 4.90 Å². The molecular formula is C38H48ClN7O. The molecule has 1 aliphatic carbocycles. The van der Waals surface area contributed by atoms with E-state index in [4.69, 9.17) is 27.9 Å². The summed E-state index contributed by atoms with van der Waals surface area (Å²) >= 11 is 6.30. The van der Waals surface area contributed by atoms with Gasteiger partial charge in [0.05, 0.1) is 12.3 Å². The lowest BCUT2D eigenvalue weighted by Crippen LogP contribution is -2.54. The van der Waals surface area contributed by atoms with Crippen molar-refractivity contribution >= 4 is 23.2 Å². The largest absolute Gasteiger partial charge is 0.487 e. The van der Waals surface area contributed by atoms with E-state index in [1.54, 1.807) is 6.07 Å². The minimum absolute atomic E-state index is 0.307. The average molecular weight is 654 g/mol. The number of hydrogen-bond acceptors (Lipinski definition) is 7. The second-order valence-electron chi connectivity index (χ2n) is 14.8. The number of rotatable bonds is 9. The number of piperazine rings is 1. The molecule has 3 aliphatic heterocycles. The molecule has 0 amide bonds. The molecule has 1 unspecified atom stereocenters. The zero-order valence-electron chi connectivity index (χ0n) is 27.9. The lowest BCUT2D eigenvalue weighted by Gasteiger charge is -2.53. The predicted octanol–water partition coefficient (Wildman–Crippen LogP) is 6.56. The van der Waals surface area contributed by atoms with Crippen molar-refractivity contribution in [2.45, 2.75) is 64.0 Å². The van der Waals surface area contributed by atoms with Crippen LogP contribution in [0, 0.1) is 17.9 Å². The molecule has 248 valence electrons. The quantitative estimate of drug-likeness (QED) is 0.263. The number of piperidine rings is 1. The average Bonchev–Trinajstić information content (AvgIpc) is 3.55. The van der Waals surface area contributed by atoms with E-state index < -0.39 is 0 Å². The summed E-state index contributed by atoms with van der Waals surface area (Å²) in [6.45, 7) is 22.4. The van der Waals surface area contributed by atoms with Gasteiger partial charge in [-0.05, 0) is 105 Å². The fraction of sp³-hybridized carbons (Fsp3) is 0.553. The Kier molecular flexibility index (Phi) is 9.44. The molecule has 1 spiro atoms. The van der Waals surface area contributed by atoms with Crippen molar-refractivity contribution in [3.63, 3.8) is 0 Å². The van der Waals surface area contributed by atoms with Crippen LogP contribution in [0.5, 0.6) is 5.75 Å². The van der Waals surface area contributed by atoms with Gasteiger partial charge in [-0.1, -0.05) is 43.6 Å². The molecule has 47 heavy (non-hydrogen) atoms. The number of nitrogens with zero attached hydrogens (tertiary/aromatic N) is 6. The normalized spacial score (nSPS) is 22.3. The van der Waals surface area contributed by atoms with Gasteiger partial charge in [-0.25, -0.2) is 14.8 Å². The SMILES string of the molecule is [C-]#[N+]c1cc(Cl)cc(C(C)(C)c2ccc(OCc3ccnc(N4CCN(CC5CCN(C6CC7(CCNCC7)C6)C5)CC4)n3)cc2)c1. The maximum absolute atomic E-state index is 7.39. The molecule has 0 bridgehead atoms. The maximum Gasteiger partial charge on any atom is 0.225 e. The molecule has 1 aromatic heterocycles. The first-order valence-corrected chi connectivity index (χ1v) is 17.8. The second kappa shape index (κ2) is 13.7. The predicted molar refractivity (Wildman–Crippen MR) is 189 cm³/mol. The Bertz CT molecular complexity index is 1570. The Morgan fingerprint density at radius 1 is 1.00 bits per heavy atom. The molecule has 2 aromatic carbocycles. The van der Waals surface area contributed by atoms with Gasteiger partial charge < -0.3 is 19.9 Å². The smallest absolute Gasteiger partial charge is 0.225 e. The summed E-state index contributed by atoms with van der Waals surface area (Å²) in [6, 6.07) is 16.5. The molecule has 1 N–H and O–H groups in total. The van der Waals surface area contributed by atoms with Crippen LogP contribution in [0.3, 0.4) is 0 Å². The van der Waals surface area contributed by atoms with Crippen molar-refractivity contribution in [3.05, 3.63) is 88.0 Å². The van der Waals surface area contributed by atoms with Gasteiger partial charge in [0.25, 0.3) is 0 Å². The summed E-state index contributed by atoms with van der Waals surface area (Å²) in [4.78, 5) is 20.9. The van der Waals surface area contributed by atoms with E-state index in [0.29, 0.717) is 22.7 Å². The van der Waals surface area contributed by atoms with Gasteiger partial charge in [-0.15, -0.1) is 0 Å². The Labute approximate surface area is 285 Å². The fourth-order valence-corrected chi connectivity index (χ4v) is 8.54. The molecule has 9 heteroatoms. The number of hydrogen-bond donors (Lipinski definition) is 1. The van der Waals surface area contributed by atoms with E-state index >= 15 is 0 Å². The molecule has 4 fully saturated rings. The van der Waals surface area contributed by atoms with Gasteiger partial charge in [-0.2, -0.15) is 0 Å². The topological polar surface area (TPSA) is 61.1 Å². The Morgan fingerprint density at radius 2 is 1.77 bits per heavy atom. The molecule has 1 atom stereocenters. The highest BCUT2D eigenvalue weighted by molar-refractivity contribution is 6.31. The van der Waals surface area contributed by atoms with E-state index in [2.05, 4.69) is 55.8 Å². The van der Waals surface area contributed by atoms with Gasteiger partial charge >= 0.3 is 0 Å². The van der Waals surface area contributed by atoms with Crippen molar-refractivity contribution in [1.29, 1.82) is 0 Å². The summed E-state index contributed by atoms with van der Waals surface area (Å²) in [5.41, 5.74) is 3.93. The molecule has 4 aliphatic rings. The first-order chi connectivity index (χ1) is 22.8. The van der Waals surface area contributed by atoms with Gasteiger partial charge in [0.15, 0.2) is 5.69 Å². The number of aromatic nitrogens is 2. The number of likely N-dealkylation sites (tertiary alicyclic amines) is 1. The van der Waals surface area contributed by atoms with Crippen LogP contribution in [0.15, 0.2) is 54.7 Å². The number of ether oxygens (including phenoxy) is 1. The first kappa shape index (κ1) is 32.3. The first-order valence-electron chi connectivity index (χ1n) is 17.4. The van der Waals surface area contributed by atoms with E-state index in [9.17, 15) is 0 Å². The minimum Gasteiger partial charge on any atom is -0.487 e. The number of nitrogens with one attached hydrogen (secondary N) is 1. The number of benzene rings is 2. The monoisotopic (exact) mass is 653 g/mol. The van der Waals surface area contributed by atoms with Crippen LogP contribution in [-0.2, 0) is 12.0 Å². The van der Waals surface area contributed by atoms with Crippen molar-refractivity contribution in [3.8, 4) is 5.75 Å². The lowest BCUT2D eigenvalue weighted by atomic mass is 9.60. The highest BCUT2D eigenvalue weighted by Crippen LogP contribution is 2.50. The van der Waals surface area contributed by atoms with Crippen molar-refractivity contribution in [1.82, 2.24) is 25.1 Å². The van der Waals surface area contributed by atoms with Crippen LogP contribution in [-0.4, -0.2) is 84.7 Å². The standard InChI is InChI=1S/C38H48ClN7O/c1-37(2,30-20-31(39)22-33(21-30)40-3)29-4-6-35(7-5-29)47-27-32-8-12-42-36(43-32)45-18-16-44(17-19-45)25-28-9-15-46(26-28)34-23-38(24-34)10-13-41-14-11-38/h4-8,12,20-22,28,34,41H,9-11,13-19,23-27H2,1-2H3. The van der Waals surface area contributed by atoms with Crippen LogP contribution in [0.4, 0.5) is 11.6 Å². The molecule has 3 saturated heterocycles. The molecule has 0 radical (unpaired) electrons. The summed E-state index contributed by atoms with van der Waals surface area (Å²) < 4.78 is 6.14. The maximum atomic E-state index is 7.39. The third-order valence-electron chi connectivity index (χ3n) is 11.4. The van der Waals surface area contributed by atoms with Crippen LogP contribution >= 0.6 is 11.6 Å². The molecule has 8 nitrogen and oxygen atoms in total. The van der Waals surface area contributed by atoms with Gasteiger partial charge in [0, 0.05) is 61.9 Å². The Morgan fingerprint density at radius 3 is 2.51 bits per heavy atom. The second-order valence-corrected chi connectivity index (χ2v) is 15.3. The summed E-state index contributed by atoms with van der Waals surface area (Å²) in [6.07, 6.45) is 8.84. The molecule has 3 aromatic rings. The van der Waals surface area contributed by atoms with E-state index in [0.717, 1.165) is 66.7 Å². The van der Waals surface area contributed by atoms with Crippen LogP contribution in [0.25, 0.3) is 4.85 Å². The van der Waals surface area contributed by atoms with E-state index in [1.165, 1.54) is 64.8 Å². The lowest BCUT2D eigenvalue weighted by molar-refractivity contribution is -0.0128. The molecular weight excluding hydrogens is 606 g/mol. The van der Waals surface area contributed by atoms with Crippen LogP contribution < -0.4 is 15.0 Å². The number of halogens is 1. The van der Waals surface area contributed by atoms with Gasteiger partial charge in [0.1, 0.15) is 12.4 Å².